The lowest BCUT2D eigenvalue weighted by Gasteiger charge is -2.21. The van der Waals surface area contributed by atoms with Crippen LogP contribution in [0.5, 0.6) is 0 Å². The minimum absolute atomic E-state index is 0.137. The highest BCUT2D eigenvalue weighted by Gasteiger charge is 2.21. The lowest BCUT2D eigenvalue weighted by molar-refractivity contribution is 0.0700. The van der Waals surface area contributed by atoms with Crippen LogP contribution in [0.4, 0.5) is 0 Å². The molecule has 0 unspecified atom stereocenters. The number of nitrogens with zero attached hydrogens (tertiary/aromatic N) is 2. The SMILES string of the molecule is O=C(O)c1ccc(C(=O)N(Cc2cccnc2)Cc2ccco2)s1. The number of furan rings is 1. The highest BCUT2D eigenvalue weighted by atomic mass is 32.1. The first-order valence-corrected chi connectivity index (χ1v) is 7.99. The van der Waals surface area contributed by atoms with Gasteiger partial charge in [-0.25, -0.2) is 4.79 Å². The van der Waals surface area contributed by atoms with E-state index in [-0.39, 0.29) is 10.8 Å². The third-order valence-corrected chi connectivity index (χ3v) is 4.40. The summed E-state index contributed by atoms with van der Waals surface area (Å²) in [6.07, 6.45) is 4.91. The van der Waals surface area contributed by atoms with Crippen molar-refractivity contribution in [2.45, 2.75) is 13.1 Å². The molecule has 0 saturated heterocycles. The second kappa shape index (κ2) is 7.10. The fourth-order valence-corrected chi connectivity index (χ4v) is 3.04. The summed E-state index contributed by atoms with van der Waals surface area (Å²) in [6.45, 7) is 0.648. The molecule has 0 radical (unpaired) electrons. The first-order chi connectivity index (χ1) is 11.6. The molecule has 3 heterocycles. The van der Waals surface area contributed by atoms with Crippen LogP contribution in [0.25, 0.3) is 0 Å². The van der Waals surface area contributed by atoms with E-state index < -0.39 is 5.97 Å². The average molecular weight is 342 g/mol. The maximum Gasteiger partial charge on any atom is 0.345 e. The number of aromatic nitrogens is 1. The molecule has 3 aromatic heterocycles. The molecule has 3 aromatic rings. The zero-order chi connectivity index (χ0) is 16.9. The Hall–Kier alpha value is -2.93. The maximum absolute atomic E-state index is 12.8. The van der Waals surface area contributed by atoms with Crippen molar-refractivity contribution in [2.24, 2.45) is 0 Å². The first kappa shape index (κ1) is 15.9. The van der Waals surface area contributed by atoms with E-state index in [1.54, 1.807) is 41.8 Å². The number of hydrogen-bond acceptors (Lipinski definition) is 5. The summed E-state index contributed by atoms with van der Waals surface area (Å²) in [7, 11) is 0. The van der Waals surface area contributed by atoms with Gasteiger partial charge in [-0.3, -0.25) is 9.78 Å². The first-order valence-electron chi connectivity index (χ1n) is 7.17. The van der Waals surface area contributed by atoms with Gasteiger partial charge in [-0.15, -0.1) is 11.3 Å². The second-order valence-electron chi connectivity index (χ2n) is 5.07. The van der Waals surface area contributed by atoms with Crippen molar-refractivity contribution in [2.75, 3.05) is 0 Å². The van der Waals surface area contributed by atoms with Gasteiger partial charge in [0.15, 0.2) is 0 Å². The number of carbonyl (C=O) groups is 2. The van der Waals surface area contributed by atoms with Crippen molar-refractivity contribution < 1.29 is 19.1 Å². The van der Waals surface area contributed by atoms with Gasteiger partial charge >= 0.3 is 5.97 Å². The molecule has 0 bridgehead atoms. The molecular weight excluding hydrogens is 328 g/mol. The molecule has 24 heavy (non-hydrogen) atoms. The zero-order valence-corrected chi connectivity index (χ0v) is 13.4. The topological polar surface area (TPSA) is 83.6 Å². The molecule has 0 fully saturated rings. The van der Waals surface area contributed by atoms with Gasteiger partial charge in [-0.05, 0) is 35.9 Å². The van der Waals surface area contributed by atoms with Gasteiger partial charge in [0.25, 0.3) is 5.91 Å². The molecule has 0 aliphatic rings. The predicted molar refractivity (Wildman–Crippen MR) is 87.8 cm³/mol. The van der Waals surface area contributed by atoms with Gasteiger partial charge < -0.3 is 14.4 Å². The highest BCUT2D eigenvalue weighted by Crippen LogP contribution is 2.21. The van der Waals surface area contributed by atoms with E-state index in [9.17, 15) is 9.59 Å². The van der Waals surface area contributed by atoms with Crippen molar-refractivity contribution in [3.05, 3.63) is 76.1 Å². The minimum atomic E-state index is -1.04. The highest BCUT2D eigenvalue weighted by molar-refractivity contribution is 7.15. The van der Waals surface area contributed by atoms with Crippen molar-refractivity contribution in [1.82, 2.24) is 9.88 Å². The van der Waals surface area contributed by atoms with Crippen LogP contribution in [0.3, 0.4) is 0 Å². The van der Waals surface area contributed by atoms with Gasteiger partial charge in [0.1, 0.15) is 10.6 Å². The number of amides is 1. The predicted octanol–water partition coefficient (Wildman–Crippen LogP) is 3.28. The quantitative estimate of drug-likeness (QED) is 0.743. The molecule has 0 spiro atoms. The van der Waals surface area contributed by atoms with Crippen LogP contribution >= 0.6 is 11.3 Å². The summed E-state index contributed by atoms with van der Waals surface area (Å²) in [5.74, 6) is -0.626. The van der Waals surface area contributed by atoms with Crippen molar-refractivity contribution >= 4 is 23.2 Å². The Kier molecular flexibility index (Phi) is 4.72. The smallest absolute Gasteiger partial charge is 0.345 e. The molecule has 6 nitrogen and oxygen atoms in total. The number of rotatable bonds is 6. The number of hydrogen-bond donors (Lipinski definition) is 1. The third kappa shape index (κ3) is 3.69. The molecule has 3 rings (SSSR count). The molecular formula is C17H14N2O4S. The molecule has 0 aliphatic heterocycles. The van der Waals surface area contributed by atoms with Crippen LogP contribution in [-0.2, 0) is 13.1 Å². The number of carboxylic acids is 1. The summed E-state index contributed by atoms with van der Waals surface area (Å²) in [4.78, 5) is 30.0. The Morgan fingerprint density at radius 3 is 2.58 bits per heavy atom. The van der Waals surface area contributed by atoms with Gasteiger partial charge in [-0.1, -0.05) is 6.07 Å². The Labute approximate surface area is 142 Å². The molecule has 0 aliphatic carbocycles. The van der Waals surface area contributed by atoms with Crippen LogP contribution in [-0.4, -0.2) is 26.9 Å². The molecule has 122 valence electrons. The normalized spacial score (nSPS) is 10.5. The maximum atomic E-state index is 12.8. The number of aromatic carboxylic acids is 1. The second-order valence-corrected chi connectivity index (χ2v) is 6.15. The van der Waals surface area contributed by atoms with Crippen molar-refractivity contribution in [3.8, 4) is 0 Å². The van der Waals surface area contributed by atoms with E-state index in [1.807, 2.05) is 6.07 Å². The Bertz CT molecular complexity index is 827. The van der Waals surface area contributed by atoms with E-state index >= 15 is 0 Å². The fraction of sp³-hybridized carbons (Fsp3) is 0.118. The van der Waals surface area contributed by atoms with E-state index in [2.05, 4.69) is 4.98 Å². The molecule has 1 amide bonds. The summed E-state index contributed by atoms with van der Waals surface area (Å²) in [6, 6.07) is 10.2. The van der Waals surface area contributed by atoms with E-state index in [0.29, 0.717) is 23.7 Å². The molecule has 0 saturated carbocycles. The lowest BCUT2D eigenvalue weighted by atomic mass is 10.2. The van der Waals surface area contributed by atoms with E-state index in [1.165, 1.54) is 12.1 Å². The summed E-state index contributed by atoms with van der Waals surface area (Å²) >= 11 is 0.964. The van der Waals surface area contributed by atoms with Crippen LogP contribution in [0.15, 0.2) is 59.5 Å². The number of carbonyl (C=O) groups excluding carboxylic acids is 1. The van der Waals surface area contributed by atoms with E-state index in [0.717, 1.165) is 16.9 Å². The van der Waals surface area contributed by atoms with Crippen LogP contribution in [0, 0.1) is 0 Å². The van der Waals surface area contributed by atoms with Crippen LogP contribution in [0.1, 0.15) is 30.7 Å². The van der Waals surface area contributed by atoms with Gasteiger partial charge in [-0.2, -0.15) is 0 Å². The standard InChI is InChI=1S/C17H14N2O4S/c20-16(14-5-6-15(24-14)17(21)22)19(11-13-4-2-8-23-13)10-12-3-1-7-18-9-12/h1-9H,10-11H2,(H,21,22). The van der Waals surface area contributed by atoms with Crippen molar-refractivity contribution in [3.63, 3.8) is 0 Å². The van der Waals surface area contributed by atoms with Crippen molar-refractivity contribution in [1.29, 1.82) is 0 Å². The molecule has 7 heteroatoms. The molecule has 0 atom stereocenters. The lowest BCUT2D eigenvalue weighted by Crippen LogP contribution is -2.29. The van der Waals surface area contributed by atoms with Gasteiger partial charge in [0.05, 0.1) is 17.7 Å². The third-order valence-electron chi connectivity index (χ3n) is 3.34. The minimum Gasteiger partial charge on any atom is -0.477 e. The average Bonchev–Trinajstić information content (AvgIpc) is 3.26. The van der Waals surface area contributed by atoms with Gasteiger partial charge in [0.2, 0.25) is 0 Å². The monoisotopic (exact) mass is 342 g/mol. The van der Waals surface area contributed by atoms with E-state index in [4.69, 9.17) is 9.52 Å². The molecule has 0 aromatic carbocycles. The summed E-state index contributed by atoms with van der Waals surface area (Å²) < 4.78 is 5.33. The fourth-order valence-electron chi connectivity index (χ4n) is 2.23. The molecule has 1 N–H and O–H groups in total. The largest absolute Gasteiger partial charge is 0.477 e. The summed E-state index contributed by atoms with van der Waals surface area (Å²) in [5, 5.41) is 9.02. The Morgan fingerprint density at radius 2 is 1.96 bits per heavy atom. The van der Waals surface area contributed by atoms with Crippen LogP contribution < -0.4 is 0 Å². The zero-order valence-electron chi connectivity index (χ0n) is 12.6. The Morgan fingerprint density at radius 1 is 1.12 bits per heavy atom. The number of pyridine rings is 1. The van der Waals surface area contributed by atoms with Crippen LogP contribution in [0.2, 0.25) is 0 Å². The summed E-state index contributed by atoms with van der Waals surface area (Å²) in [5.41, 5.74) is 0.882. The van der Waals surface area contributed by atoms with Gasteiger partial charge in [0, 0.05) is 18.9 Å². The number of carboxylic acid groups (broad SMARTS) is 1. The Balaban J connectivity index is 1.84. The number of thiophene rings is 1.